The van der Waals surface area contributed by atoms with Crippen LogP contribution in [-0.2, 0) is 20.9 Å². The lowest BCUT2D eigenvalue weighted by Crippen LogP contribution is -2.48. The molecule has 4 heteroatoms. The Hall–Kier alpha value is -1.39. The SMILES string of the molecule is O=C(CCCOCc1ccccc1)N1CCCC2(CCOCC2)C1. The Morgan fingerprint density at radius 3 is 2.75 bits per heavy atom. The number of ether oxygens (including phenoxy) is 2. The number of piperidine rings is 1. The van der Waals surface area contributed by atoms with Crippen LogP contribution in [0.3, 0.4) is 0 Å². The molecule has 0 bridgehead atoms. The number of carbonyl (C=O) groups is 1. The van der Waals surface area contributed by atoms with Gasteiger partial charge in [0.05, 0.1) is 6.61 Å². The number of amides is 1. The molecule has 1 aromatic rings. The molecule has 2 saturated heterocycles. The van der Waals surface area contributed by atoms with Gasteiger partial charge in [-0.25, -0.2) is 0 Å². The van der Waals surface area contributed by atoms with Gasteiger partial charge in [-0.15, -0.1) is 0 Å². The third-order valence-corrected chi connectivity index (χ3v) is 5.36. The molecule has 4 nitrogen and oxygen atoms in total. The van der Waals surface area contributed by atoms with Crippen molar-refractivity contribution in [1.82, 2.24) is 4.90 Å². The van der Waals surface area contributed by atoms with Crippen LogP contribution in [0.25, 0.3) is 0 Å². The molecule has 1 amide bonds. The largest absolute Gasteiger partial charge is 0.381 e. The van der Waals surface area contributed by atoms with E-state index in [1.54, 1.807) is 0 Å². The van der Waals surface area contributed by atoms with E-state index in [4.69, 9.17) is 9.47 Å². The maximum absolute atomic E-state index is 12.5. The maximum atomic E-state index is 12.5. The lowest BCUT2D eigenvalue weighted by molar-refractivity contribution is -0.137. The van der Waals surface area contributed by atoms with E-state index < -0.39 is 0 Å². The highest BCUT2D eigenvalue weighted by Crippen LogP contribution is 2.39. The van der Waals surface area contributed by atoms with Gasteiger partial charge in [0.1, 0.15) is 0 Å². The number of nitrogens with zero attached hydrogens (tertiary/aromatic N) is 1. The van der Waals surface area contributed by atoms with Crippen molar-refractivity contribution in [1.29, 1.82) is 0 Å². The molecular weight excluding hydrogens is 302 g/mol. The molecular formula is C20H29NO3. The van der Waals surface area contributed by atoms with E-state index >= 15 is 0 Å². The van der Waals surface area contributed by atoms with E-state index in [-0.39, 0.29) is 0 Å². The van der Waals surface area contributed by atoms with E-state index in [2.05, 4.69) is 17.0 Å². The second-order valence-electron chi connectivity index (χ2n) is 7.17. The summed E-state index contributed by atoms with van der Waals surface area (Å²) in [5.41, 5.74) is 1.51. The normalized spacial score (nSPS) is 20.2. The van der Waals surface area contributed by atoms with Crippen LogP contribution in [0, 0.1) is 5.41 Å². The average molecular weight is 331 g/mol. The zero-order chi connectivity index (χ0) is 16.7. The van der Waals surface area contributed by atoms with Gasteiger partial charge in [0, 0.05) is 39.3 Å². The van der Waals surface area contributed by atoms with Gasteiger partial charge >= 0.3 is 0 Å². The van der Waals surface area contributed by atoms with Crippen LogP contribution in [0.2, 0.25) is 0 Å². The summed E-state index contributed by atoms with van der Waals surface area (Å²) in [5.74, 6) is 0.295. The van der Waals surface area contributed by atoms with Crippen LogP contribution in [-0.4, -0.2) is 43.7 Å². The van der Waals surface area contributed by atoms with Crippen molar-refractivity contribution >= 4 is 5.91 Å². The summed E-state index contributed by atoms with van der Waals surface area (Å²) in [7, 11) is 0. The molecule has 0 aromatic heterocycles. The fraction of sp³-hybridized carbons (Fsp3) is 0.650. The number of rotatable bonds is 6. The molecule has 2 heterocycles. The number of benzene rings is 1. The summed E-state index contributed by atoms with van der Waals surface area (Å²) in [5, 5.41) is 0. The van der Waals surface area contributed by atoms with Crippen molar-refractivity contribution in [3.8, 4) is 0 Å². The third kappa shape index (κ3) is 4.81. The molecule has 2 aliphatic heterocycles. The number of likely N-dealkylation sites (tertiary alicyclic amines) is 1. The number of hydrogen-bond acceptors (Lipinski definition) is 3. The summed E-state index contributed by atoms with van der Waals surface area (Å²) in [6, 6.07) is 10.2. The highest BCUT2D eigenvalue weighted by Gasteiger charge is 2.38. The first-order valence-corrected chi connectivity index (χ1v) is 9.25. The Balaban J connectivity index is 1.35. The van der Waals surface area contributed by atoms with Crippen molar-refractivity contribution in [2.45, 2.75) is 45.1 Å². The van der Waals surface area contributed by atoms with Crippen molar-refractivity contribution in [3.05, 3.63) is 35.9 Å². The van der Waals surface area contributed by atoms with E-state index in [1.165, 1.54) is 12.0 Å². The molecule has 1 aromatic carbocycles. The van der Waals surface area contributed by atoms with Crippen LogP contribution in [0.1, 0.15) is 44.1 Å². The zero-order valence-corrected chi connectivity index (χ0v) is 14.5. The van der Waals surface area contributed by atoms with Gasteiger partial charge in [-0.05, 0) is 43.1 Å². The van der Waals surface area contributed by atoms with Gasteiger partial charge in [0.2, 0.25) is 5.91 Å². The minimum atomic E-state index is 0.295. The predicted molar refractivity (Wildman–Crippen MR) is 93.6 cm³/mol. The fourth-order valence-electron chi connectivity index (χ4n) is 3.88. The van der Waals surface area contributed by atoms with Gasteiger partial charge in [0.25, 0.3) is 0 Å². The average Bonchev–Trinajstić information content (AvgIpc) is 2.63. The van der Waals surface area contributed by atoms with E-state index in [0.29, 0.717) is 31.0 Å². The summed E-state index contributed by atoms with van der Waals surface area (Å²) in [6.45, 7) is 4.84. The van der Waals surface area contributed by atoms with Crippen LogP contribution in [0.5, 0.6) is 0 Å². The second kappa shape index (κ2) is 8.63. The standard InChI is InChI=1S/C20H29NO3/c22-19(8-4-13-24-16-18-6-2-1-3-7-18)21-12-5-9-20(17-21)10-14-23-15-11-20/h1-3,6-7H,4-5,8-17H2. The quantitative estimate of drug-likeness (QED) is 0.750. The zero-order valence-electron chi connectivity index (χ0n) is 14.5. The van der Waals surface area contributed by atoms with Crippen LogP contribution < -0.4 is 0 Å². The maximum Gasteiger partial charge on any atom is 0.222 e. The topological polar surface area (TPSA) is 38.8 Å². The lowest BCUT2D eigenvalue weighted by atomic mass is 9.74. The molecule has 132 valence electrons. The highest BCUT2D eigenvalue weighted by molar-refractivity contribution is 5.76. The first kappa shape index (κ1) is 17.4. The molecule has 0 N–H and O–H groups in total. The minimum absolute atomic E-state index is 0.295. The first-order valence-electron chi connectivity index (χ1n) is 9.25. The van der Waals surface area contributed by atoms with E-state index in [0.717, 1.165) is 52.0 Å². The molecule has 2 aliphatic rings. The van der Waals surface area contributed by atoms with Crippen molar-refractivity contribution in [3.63, 3.8) is 0 Å². The number of hydrogen-bond donors (Lipinski definition) is 0. The van der Waals surface area contributed by atoms with Gasteiger partial charge in [0.15, 0.2) is 0 Å². The predicted octanol–water partition coefficient (Wildman–Crippen LogP) is 3.40. The van der Waals surface area contributed by atoms with Gasteiger partial charge in [-0.2, -0.15) is 0 Å². The van der Waals surface area contributed by atoms with Gasteiger partial charge in [-0.3, -0.25) is 4.79 Å². The van der Waals surface area contributed by atoms with E-state index in [9.17, 15) is 4.79 Å². The Kier molecular flexibility index (Phi) is 6.27. The molecule has 1 spiro atoms. The highest BCUT2D eigenvalue weighted by atomic mass is 16.5. The van der Waals surface area contributed by atoms with Crippen LogP contribution >= 0.6 is 0 Å². The van der Waals surface area contributed by atoms with Gasteiger partial charge in [-0.1, -0.05) is 30.3 Å². The Bertz CT molecular complexity index is 505. The second-order valence-corrected chi connectivity index (χ2v) is 7.17. The fourth-order valence-corrected chi connectivity index (χ4v) is 3.88. The molecule has 2 fully saturated rings. The summed E-state index contributed by atoms with van der Waals surface area (Å²) < 4.78 is 11.2. The van der Waals surface area contributed by atoms with Crippen molar-refractivity contribution in [2.75, 3.05) is 32.9 Å². The summed E-state index contributed by atoms with van der Waals surface area (Å²) >= 11 is 0. The Labute approximate surface area is 145 Å². The first-order chi connectivity index (χ1) is 11.8. The monoisotopic (exact) mass is 331 g/mol. The molecule has 0 aliphatic carbocycles. The summed E-state index contributed by atoms with van der Waals surface area (Å²) in [6.07, 6.45) is 6.00. The molecule has 0 atom stereocenters. The molecule has 3 rings (SSSR count). The number of carbonyl (C=O) groups excluding carboxylic acids is 1. The Morgan fingerprint density at radius 2 is 1.96 bits per heavy atom. The van der Waals surface area contributed by atoms with E-state index in [1.807, 2.05) is 18.2 Å². The summed E-state index contributed by atoms with van der Waals surface area (Å²) in [4.78, 5) is 14.6. The smallest absolute Gasteiger partial charge is 0.222 e. The molecule has 0 radical (unpaired) electrons. The van der Waals surface area contributed by atoms with Gasteiger partial charge < -0.3 is 14.4 Å². The Morgan fingerprint density at radius 1 is 1.17 bits per heavy atom. The lowest BCUT2D eigenvalue weighted by Gasteiger charge is -2.45. The molecule has 0 unspecified atom stereocenters. The van der Waals surface area contributed by atoms with Crippen LogP contribution in [0.15, 0.2) is 30.3 Å². The molecule has 0 saturated carbocycles. The van der Waals surface area contributed by atoms with Crippen molar-refractivity contribution < 1.29 is 14.3 Å². The minimum Gasteiger partial charge on any atom is -0.381 e. The molecule has 24 heavy (non-hydrogen) atoms. The third-order valence-electron chi connectivity index (χ3n) is 5.36. The van der Waals surface area contributed by atoms with Crippen LogP contribution in [0.4, 0.5) is 0 Å². The van der Waals surface area contributed by atoms with Crippen molar-refractivity contribution in [2.24, 2.45) is 5.41 Å².